The molecule has 0 unspecified atom stereocenters. The van der Waals surface area contributed by atoms with E-state index in [1.807, 2.05) is 6.92 Å². The van der Waals surface area contributed by atoms with Crippen LogP contribution in [0.4, 0.5) is 0 Å². The normalized spacial score (nSPS) is 8.45. The fourth-order valence-electron chi connectivity index (χ4n) is 0.696. The third-order valence-corrected chi connectivity index (χ3v) is 1.30. The average Bonchev–Trinajstić information content (AvgIpc) is 1.88. The van der Waals surface area contributed by atoms with E-state index < -0.39 is 5.97 Å². The maximum Gasteiger partial charge on any atom is 0.335 e. The van der Waals surface area contributed by atoms with Gasteiger partial charge in [0.15, 0.2) is 17.4 Å². The second kappa shape index (κ2) is 4.17. The van der Waals surface area contributed by atoms with Crippen LogP contribution in [0.3, 0.4) is 0 Å². The predicted octanol–water partition coefficient (Wildman–Crippen LogP) is 0.509. The van der Waals surface area contributed by atoms with E-state index >= 15 is 0 Å². The highest BCUT2D eigenvalue weighted by molar-refractivity contribution is 5.87. The number of carboxylic acids is 1. The number of benzene rings is 1. The molecule has 0 heterocycles. The summed E-state index contributed by atoms with van der Waals surface area (Å²) in [5.41, 5.74) is 1.41. The highest BCUT2D eigenvalue weighted by Gasteiger charge is 1.98. The van der Waals surface area contributed by atoms with E-state index in [1.165, 1.54) is 0 Å². The van der Waals surface area contributed by atoms with Crippen molar-refractivity contribution in [1.82, 2.24) is 0 Å². The Labute approximate surface area is 76.0 Å². The van der Waals surface area contributed by atoms with Crippen molar-refractivity contribution in [2.45, 2.75) is 6.92 Å². The Kier molecular flexibility index (Phi) is 3.88. The maximum absolute atomic E-state index is 10.3. The highest BCUT2D eigenvalue weighted by atomic mass is 27.0. The molecule has 3 heteroatoms. The Morgan fingerprint density at radius 1 is 1.27 bits per heavy atom. The topological polar surface area (TPSA) is 37.3 Å². The minimum atomic E-state index is -0.875. The van der Waals surface area contributed by atoms with Crippen molar-refractivity contribution < 1.29 is 9.90 Å². The van der Waals surface area contributed by atoms with Gasteiger partial charge in [0.1, 0.15) is 0 Å². The van der Waals surface area contributed by atoms with Gasteiger partial charge < -0.3 is 5.11 Å². The Morgan fingerprint density at radius 3 is 2.09 bits per heavy atom. The average molecular weight is 166 g/mol. The van der Waals surface area contributed by atoms with E-state index in [1.54, 1.807) is 24.3 Å². The molecule has 58 valence electrons. The molecule has 0 bridgehead atoms. The molecule has 0 aliphatic rings. The number of hydrogen-bond donors (Lipinski definition) is 1. The zero-order chi connectivity index (χ0) is 7.56. The van der Waals surface area contributed by atoms with Gasteiger partial charge in [-0.3, -0.25) is 0 Å². The molecule has 0 saturated carbocycles. The van der Waals surface area contributed by atoms with Crippen LogP contribution in [0.15, 0.2) is 24.3 Å². The van der Waals surface area contributed by atoms with Gasteiger partial charge in [-0.15, -0.1) is 0 Å². The fraction of sp³-hybridized carbons (Fsp3) is 0.125. The van der Waals surface area contributed by atoms with Crippen LogP contribution in [-0.2, 0) is 0 Å². The van der Waals surface area contributed by atoms with E-state index in [0.29, 0.717) is 5.56 Å². The molecule has 1 aromatic carbocycles. The van der Waals surface area contributed by atoms with E-state index in [0.717, 1.165) is 5.56 Å². The van der Waals surface area contributed by atoms with E-state index in [-0.39, 0.29) is 17.4 Å². The minimum absolute atomic E-state index is 0. The van der Waals surface area contributed by atoms with E-state index in [4.69, 9.17) is 5.11 Å². The number of rotatable bonds is 1. The van der Waals surface area contributed by atoms with Crippen LogP contribution in [0.5, 0.6) is 0 Å². The maximum atomic E-state index is 10.3. The quantitative estimate of drug-likeness (QED) is 0.617. The summed E-state index contributed by atoms with van der Waals surface area (Å²) in [6, 6.07) is 6.75. The van der Waals surface area contributed by atoms with Crippen molar-refractivity contribution in [3.05, 3.63) is 35.4 Å². The van der Waals surface area contributed by atoms with Gasteiger partial charge >= 0.3 is 5.97 Å². The van der Waals surface area contributed by atoms with Crippen molar-refractivity contribution in [2.75, 3.05) is 0 Å². The van der Waals surface area contributed by atoms with Gasteiger partial charge in [0.2, 0.25) is 0 Å². The van der Waals surface area contributed by atoms with Crippen LogP contribution < -0.4 is 0 Å². The number of carbonyl (C=O) groups is 1. The molecular formula is C8H11AlO2. The van der Waals surface area contributed by atoms with Crippen LogP contribution in [0.25, 0.3) is 0 Å². The van der Waals surface area contributed by atoms with Crippen molar-refractivity contribution in [2.24, 2.45) is 0 Å². The number of aryl methyl sites for hydroxylation is 1. The van der Waals surface area contributed by atoms with Crippen molar-refractivity contribution in [3.63, 3.8) is 0 Å². The first-order valence-electron chi connectivity index (χ1n) is 3.00. The smallest absolute Gasteiger partial charge is 0.335 e. The van der Waals surface area contributed by atoms with Crippen LogP contribution in [0, 0.1) is 6.92 Å². The molecule has 1 N–H and O–H groups in total. The molecule has 1 rings (SSSR count). The summed E-state index contributed by atoms with van der Waals surface area (Å²) in [5, 5.41) is 8.48. The molecule has 0 atom stereocenters. The summed E-state index contributed by atoms with van der Waals surface area (Å²) in [6.45, 7) is 1.92. The largest absolute Gasteiger partial charge is 0.478 e. The third kappa shape index (κ3) is 2.75. The van der Waals surface area contributed by atoms with E-state index in [2.05, 4.69) is 0 Å². The van der Waals surface area contributed by atoms with Gasteiger partial charge in [-0.25, -0.2) is 4.79 Å². The molecule has 0 amide bonds. The predicted molar refractivity (Wildman–Crippen MR) is 48.1 cm³/mol. The van der Waals surface area contributed by atoms with Gasteiger partial charge in [-0.05, 0) is 19.1 Å². The van der Waals surface area contributed by atoms with Crippen LogP contribution in [0.1, 0.15) is 15.9 Å². The first kappa shape index (κ1) is 10.2. The Bertz CT molecular complexity index is 241. The van der Waals surface area contributed by atoms with Crippen molar-refractivity contribution in [1.29, 1.82) is 0 Å². The zero-order valence-corrected chi connectivity index (χ0v) is 5.66. The zero-order valence-electron chi connectivity index (χ0n) is 5.66. The molecular weight excluding hydrogens is 155 g/mol. The molecule has 0 aliphatic carbocycles. The lowest BCUT2D eigenvalue weighted by molar-refractivity contribution is 0.0697. The highest BCUT2D eigenvalue weighted by Crippen LogP contribution is 2.01. The molecule has 0 radical (unpaired) electrons. The summed E-state index contributed by atoms with van der Waals surface area (Å²) >= 11 is 0. The van der Waals surface area contributed by atoms with E-state index in [9.17, 15) is 4.79 Å². The molecule has 0 aromatic heterocycles. The summed E-state index contributed by atoms with van der Waals surface area (Å²) < 4.78 is 0. The lowest BCUT2D eigenvalue weighted by Gasteiger charge is -1.92. The fourth-order valence-corrected chi connectivity index (χ4v) is 0.696. The van der Waals surface area contributed by atoms with Crippen LogP contribution >= 0.6 is 0 Å². The van der Waals surface area contributed by atoms with Gasteiger partial charge in [0, 0.05) is 0 Å². The van der Waals surface area contributed by atoms with Crippen LogP contribution in [-0.4, -0.2) is 28.4 Å². The number of hydrogen-bond acceptors (Lipinski definition) is 1. The second-order valence-corrected chi connectivity index (χ2v) is 2.17. The van der Waals surface area contributed by atoms with Gasteiger partial charge in [0.05, 0.1) is 5.56 Å². The number of carboxylic acid groups (broad SMARTS) is 1. The summed E-state index contributed by atoms with van der Waals surface area (Å²) in [5.74, 6) is -0.875. The van der Waals surface area contributed by atoms with Gasteiger partial charge in [-0.1, -0.05) is 17.7 Å². The second-order valence-electron chi connectivity index (χ2n) is 2.17. The molecule has 0 saturated heterocycles. The first-order chi connectivity index (χ1) is 4.70. The molecule has 0 aliphatic heterocycles. The van der Waals surface area contributed by atoms with Gasteiger partial charge in [0.25, 0.3) is 0 Å². The van der Waals surface area contributed by atoms with Gasteiger partial charge in [-0.2, -0.15) is 0 Å². The lowest BCUT2D eigenvalue weighted by Crippen LogP contribution is -1.94. The monoisotopic (exact) mass is 166 g/mol. The molecule has 11 heavy (non-hydrogen) atoms. The standard InChI is InChI=1S/C8H8O2.Al.3H/c1-6-2-4-7(5-3-6)8(9)10;;;;/h2-5H,1H3,(H,9,10);;;;. The Balaban J connectivity index is 0.000001000. The Morgan fingerprint density at radius 2 is 1.73 bits per heavy atom. The number of aromatic carboxylic acids is 1. The first-order valence-corrected chi connectivity index (χ1v) is 3.00. The minimum Gasteiger partial charge on any atom is -0.478 e. The molecule has 2 nitrogen and oxygen atoms in total. The van der Waals surface area contributed by atoms with Crippen molar-refractivity contribution >= 4 is 23.3 Å². The molecule has 0 spiro atoms. The summed E-state index contributed by atoms with van der Waals surface area (Å²) in [7, 11) is 0. The van der Waals surface area contributed by atoms with Crippen LogP contribution in [0.2, 0.25) is 0 Å². The summed E-state index contributed by atoms with van der Waals surface area (Å²) in [6.07, 6.45) is 0. The Hall–Kier alpha value is -0.778. The summed E-state index contributed by atoms with van der Waals surface area (Å²) in [4.78, 5) is 10.3. The lowest BCUT2D eigenvalue weighted by atomic mass is 10.2. The SMILES string of the molecule is Cc1ccc(C(=O)O)cc1.[AlH3]. The molecule has 1 aromatic rings. The third-order valence-electron chi connectivity index (χ3n) is 1.30. The van der Waals surface area contributed by atoms with Crippen molar-refractivity contribution in [3.8, 4) is 0 Å². The molecule has 0 fully saturated rings.